The van der Waals surface area contributed by atoms with Crippen molar-refractivity contribution in [3.8, 4) is 0 Å². The van der Waals surface area contributed by atoms with Crippen LogP contribution in [0.4, 0.5) is 0 Å². The van der Waals surface area contributed by atoms with Crippen LogP contribution in [0.1, 0.15) is 26.2 Å². The zero-order chi connectivity index (χ0) is 15.0. The standard InChI is InChI=1S/C15H25N3O3/c1-3-12-14(19)16-13(10-4-5-10)15(20)18(12)9-11-8-17(2)6-7-21-11/h10-13H,3-9H2,1-2H3,(H,16,19). The molecule has 2 heterocycles. The highest BCUT2D eigenvalue weighted by Crippen LogP contribution is 2.35. The fourth-order valence-corrected chi connectivity index (χ4v) is 3.35. The number of hydrogen-bond donors (Lipinski definition) is 1. The van der Waals surface area contributed by atoms with Crippen LogP contribution in [0.5, 0.6) is 0 Å². The lowest BCUT2D eigenvalue weighted by Crippen LogP contribution is -2.65. The summed E-state index contributed by atoms with van der Waals surface area (Å²) in [6, 6.07) is -0.648. The lowest BCUT2D eigenvalue weighted by molar-refractivity contribution is -0.153. The van der Waals surface area contributed by atoms with Crippen LogP contribution in [0.15, 0.2) is 0 Å². The third-order valence-corrected chi connectivity index (χ3v) is 4.75. The Kier molecular flexibility index (Phi) is 4.17. The van der Waals surface area contributed by atoms with Gasteiger partial charge in [-0.2, -0.15) is 0 Å². The van der Waals surface area contributed by atoms with Crippen molar-refractivity contribution < 1.29 is 14.3 Å². The maximum absolute atomic E-state index is 12.7. The summed E-state index contributed by atoms with van der Waals surface area (Å²) in [6.07, 6.45) is 2.75. The van der Waals surface area contributed by atoms with E-state index in [1.54, 1.807) is 4.90 Å². The molecule has 1 saturated carbocycles. The molecule has 0 aromatic carbocycles. The second-order valence-electron chi connectivity index (χ2n) is 6.49. The minimum absolute atomic E-state index is 0.00170. The van der Waals surface area contributed by atoms with E-state index in [-0.39, 0.29) is 30.0 Å². The monoisotopic (exact) mass is 295 g/mol. The first kappa shape index (κ1) is 14.8. The Morgan fingerprint density at radius 3 is 2.71 bits per heavy atom. The van der Waals surface area contributed by atoms with Crippen LogP contribution in [-0.4, -0.2) is 73.1 Å². The first-order chi connectivity index (χ1) is 10.1. The SMILES string of the molecule is CCC1C(=O)NC(C2CC2)C(=O)N1CC1CN(C)CCO1. The Hall–Kier alpha value is -1.14. The molecule has 3 rings (SSSR count). The van der Waals surface area contributed by atoms with Gasteiger partial charge in [0, 0.05) is 19.6 Å². The summed E-state index contributed by atoms with van der Waals surface area (Å²) in [5, 5.41) is 2.92. The maximum atomic E-state index is 12.7. The van der Waals surface area contributed by atoms with Crippen LogP contribution in [0.3, 0.4) is 0 Å². The molecule has 0 bridgehead atoms. The summed E-state index contributed by atoms with van der Waals surface area (Å²) in [4.78, 5) is 29.0. The number of morpholine rings is 1. The molecule has 0 spiro atoms. The molecule has 1 aliphatic carbocycles. The summed E-state index contributed by atoms with van der Waals surface area (Å²) < 4.78 is 5.77. The van der Waals surface area contributed by atoms with Crippen LogP contribution in [0.2, 0.25) is 0 Å². The number of carbonyl (C=O) groups is 2. The number of nitrogens with one attached hydrogen (secondary N) is 1. The molecule has 6 nitrogen and oxygen atoms in total. The molecule has 2 aliphatic heterocycles. The number of rotatable bonds is 4. The fraction of sp³-hybridized carbons (Fsp3) is 0.867. The Balaban J connectivity index is 1.71. The topological polar surface area (TPSA) is 61.9 Å². The molecular formula is C15H25N3O3. The number of ether oxygens (including phenoxy) is 1. The highest BCUT2D eigenvalue weighted by molar-refractivity contribution is 5.97. The van der Waals surface area contributed by atoms with Gasteiger partial charge in [0.2, 0.25) is 11.8 Å². The minimum Gasteiger partial charge on any atom is -0.374 e. The summed E-state index contributed by atoms with van der Waals surface area (Å²) >= 11 is 0. The highest BCUT2D eigenvalue weighted by atomic mass is 16.5. The zero-order valence-corrected chi connectivity index (χ0v) is 12.9. The fourth-order valence-electron chi connectivity index (χ4n) is 3.35. The predicted molar refractivity (Wildman–Crippen MR) is 77.7 cm³/mol. The van der Waals surface area contributed by atoms with Gasteiger partial charge < -0.3 is 19.9 Å². The van der Waals surface area contributed by atoms with Gasteiger partial charge in [0.05, 0.1) is 12.7 Å². The van der Waals surface area contributed by atoms with Gasteiger partial charge in [0.25, 0.3) is 0 Å². The Morgan fingerprint density at radius 2 is 2.10 bits per heavy atom. The van der Waals surface area contributed by atoms with Gasteiger partial charge in [-0.1, -0.05) is 6.92 Å². The first-order valence-corrected chi connectivity index (χ1v) is 8.01. The van der Waals surface area contributed by atoms with E-state index in [0.717, 1.165) is 25.9 Å². The van der Waals surface area contributed by atoms with Crippen LogP contribution in [0.25, 0.3) is 0 Å². The van der Waals surface area contributed by atoms with Gasteiger partial charge in [-0.05, 0) is 32.2 Å². The molecule has 118 valence electrons. The number of hydrogen-bond acceptors (Lipinski definition) is 4. The maximum Gasteiger partial charge on any atom is 0.246 e. The molecule has 3 atom stereocenters. The van der Waals surface area contributed by atoms with E-state index in [2.05, 4.69) is 17.3 Å². The van der Waals surface area contributed by atoms with Gasteiger partial charge in [-0.15, -0.1) is 0 Å². The summed E-state index contributed by atoms with van der Waals surface area (Å²) in [5.41, 5.74) is 0. The van der Waals surface area contributed by atoms with Crippen molar-refractivity contribution >= 4 is 11.8 Å². The van der Waals surface area contributed by atoms with Crippen LogP contribution in [0, 0.1) is 5.92 Å². The largest absolute Gasteiger partial charge is 0.374 e. The average molecular weight is 295 g/mol. The van der Waals surface area contributed by atoms with Crippen LogP contribution in [-0.2, 0) is 14.3 Å². The Bertz CT molecular complexity index is 424. The molecule has 1 N–H and O–H groups in total. The third-order valence-electron chi connectivity index (χ3n) is 4.75. The van der Waals surface area contributed by atoms with Gasteiger partial charge in [-0.25, -0.2) is 0 Å². The normalized spacial score (nSPS) is 35.0. The molecule has 2 amide bonds. The van der Waals surface area contributed by atoms with Crippen molar-refractivity contribution in [2.24, 2.45) is 5.92 Å². The van der Waals surface area contributed by atoms with Gasteiger partial charge in [0.1, 0.15) is 12.1 Å². The van der Waals surface area contributed by atoms with Gasteiger partial charge >= 0.3 is 0 Å². The Morgan fingerprint density at radius 1 is 1.33 bits per heavy atom. The van der Waals surface area contributed by atoms with Crippen LogP contribution < -0.4 is 5.32 Å². The quantitative estimate of drug-likeness (QED) is 0.782. The average Bonchev–Trinajstić information content (AvgIpc) is 3.27. The van der Waals surface area contributed by atoms with Gasteiger partial charge in [-0.3, -0.25) is 9.59 Å². The summed E-state index contributed by atoms with van der Waals surface area (Å²) in [6.45, 7) is 4.91. The molecule has 6 heteroatoms. The molecule has 3 fully saturated rings. The van der Waals surface area contributed by atoms with Crippen molar-refractivity contribution in [3.05, 3.63) is 0 Å². The lowest BCUT2D eigenvalue weighted by Gasteiger charge is -2.41. The van der Waals surface area contributed by atoms with Crippen molar-refractivity contribution in [1.82, 2.24) is 15.1 Å². The van der Waals surface area contributed by atoms with Crippen LogP contribution >= 0.6 is 0 Å². The minimum atomic E-state index is -0.344. The van der Waals surface area contributed by atoms with E-state index < -0.39 is 0 Å². The highest BCUT2D eigenvalue weighted by Gasteiger charge is 2.46. The van der Waals surface area contributed by atoms with Crippen molar-refractivity contribution in [3.63, 3.8) is 0 Å². The Labute approximate surface area is 125 Å². The molecular weight excluding hydrogens is 270 g/mol. The van der Waals surface area contributed by atoms with Crippen molar-refractivity contribution in [2.45, 2.75) is 44.4 Å². The molecule has 3 aliphatic rings. The number of nitrogens with zero attached hydrogens (tertiary/aromatic N) is 2. The number of likely N-dealkylation sites (N-methyl/N-ethyl adjacent to an activating group) is 1. The second kappa shape index (κ2) is 5.93. The number of amides is 2. The van der Waals surface area contributed by atoms with Crippen molar-refractivity contribution in [1.29, 1.82) is 0 Å². The molecule has 0 radical (unpaired) electrons. The molecule has 21 heavy (non-hydrogen) atoms. The van der Waals surface area contributed by atoms with E-state index >= 15 is 0 Å². The zero-order valence-electron chi connectivity index (χ0n) is 12.9. The number of piperazine rings is 1. The first-order valence-electron chi connectivity index (χ1n) is 8.01. The van der Waals surface area contributed by atoms with E-state index in [1.807, 2.05) is 6.92 Å². The summed E-state index contributed by atoms with van der Waals surface area (Å²) in [5.74, 6) is 0.427. The van der Waals surface area contributed by atoms with E-state index in [9.17, 15) is 9.59 Å². The van der Waals surface area contributed by atoms with E-state index in [1.165, 1.54) is 0 Å². The third kappa shape index (κ3) is 3.06. The van der Waals surface area contributed by atoms with Gasteiger partial charge in [0.15, 0.2) is 0 Å². The van der Waals surface area contributed by atoms with E-state index in [0.29, 0.717) is 25.5 Å². The smallest absolute Gasteiger partial charge is 0.246 e. The molecule has 3 unspecified atom stereocenters. The second-order valence-corrected chi connectivity index (χ2v) is 6.49. The predicted octanol–water partition coefficient (Wildman–Crippen LogP) is -0.167. The van der Waals surface area contributed by atoms with E-state index in [4.69, 9.17) is 4.74 Å². The lowest BCUT2D eigenvalue weighted by atomic mass is 10.0. The number of carbonyl (C=O) groups excluding carboxylic acids is 2. The molecule has 0 aromatic rings. The molecule has 2 saturated heterocycles. The van der Waals surface area contributed by atoms with Crippen molar-refractivity contribution in [2.75, 3.05) is 33.3 Å². The summed E-state index contributed by atoms with van der Waals surface area (Å²) in [7, 11) is 2.06. The molecule has 0 aromatic heterocycles.